The molecule has 0 aliphatic carbocycles. The number of imidazole rings is 1. The molecule has 4 nitrogen and oxygen atoms in total. The molecular weight excluding hydrogens is 168 g/mol. The zero-order valence-electron chi connectivity index (χ0n) is 8.33. The smallest absolute Gasteiger partial charge is 0.213 e. The lowest BCUT2D eigenvalue weighted by Crippen LogP contribution is -2.16. The van der Waals surface area contributed by atoms with Gasteiger partial charge in [0.15, 0.2) is 6.29 Å². The predicted molar refractivity (Wildman–Crippen MR) is 49.7 cm³/mol. The zero-order chi connectivity index (χ0) is 9.68. The molecular formula is C9H16N2O2. The van der Waals surface area contributed by atoms with Crippen LogP contribution in [0.5, 0.6) is 5.88 Å². The fourth-order valence-electron chi connectivity index (χ4n) is 1.03. The molecule has 1 unspecified atom stereocenters. The van der Waals surface area contributed by atoms with E-state index in [0.717, 1.165) is 12.2 Å². The van der Waals surface area contributed by atoms with Crippen molar-refractivity contribution < 1.29 is 9.47 Å². The predicted octanol–water partition coefficient (Wildman–Crippen LogP) is 1.73. The first-order chi connectivity index (χ1) is 6.26. The highest BCUT2D eigenvalue weighted by atomic mass is 16.7. The number of ether oxygens (including phenoxy) is 2. The Balaban J connectivity index is 2.44. The second-order valence-corrected chi connectivity index (χ2v) is 2.69. The Kier molecular flexibility index (Phi) is 3.76. The number of H-pyrrole nitrogens is 1. The first-order valence-corrected chi connectivity index (χ1v) is 4.58. The van der Waals surface area contributed by atoms with Gasteiger partial charge >= 0.3 is 0 Å². The number of hydrogen-bond acceptors (Lipinski definition) is 3. The first kappa shape index (κ1) is 10.1. The number of nitrogens with one attached hydrogen (secondary N) is 1. The summed E-state index contributed by atoms with van der Waals surface area (Å²) in [7, 11) is 0. The fraction of sp³-hybridized carbons (Fsp3) is 0.667. The SMILES string of the molecule is CCOC(C)Oc1cnc(CC)[nH]1. The van der Waals surface area contributed by atoms with Gasteiger partial charge in [-0.05, 0) is 13.8 Å². The van der Waals surface area contributed by atoms with Gasteiger partial charge in [-0.3, -0.25) is 0 Å². The standard InChI is InChI=1S/C9H16N2O2/c1-4-8-10-6-9(11-8)13-7(3)12-5-2/h6-7H,4-5H2,1-3H3,(H,10,11). The van der Waals surface area contributed by atoms with Crippen molar-refractivity contribution in [2.45, 2.75) is 33.5 Å². The van der Waals surface area contributed by atoms with E-state index in [4.69, 9.17) is 9.47 Å². The number of aromatic amines is 1. The third kappa shape index (κ3) is 3.06. The molecule has 0 aromatic carbocycles. The second-order valence-electron chi connectivity index (χ2n) is 2.69. The molecule has 0 aliphatic heterocycles. The van der Waals surface area contributed by atoms with Gasteiger partial charge in [0.05, 0.1) is 6.20 Å². The topological polar surface area (TPSA) is 47.1 Å². The summed E-state index contributed by atoms with van der Waals surface area (Å²) in [6.45, 7) is 6.48. The van der Waals surface area contributed by atoms with Gasteiger partial charge in [0.25, 0.3) is 0 Å². The average Bonchev–Trinajstić information content (AvgIpc) is 2.52. The van der Waals surface area contributed by atoms with E-state index in [9.17, 15) is 0 Å². The maximum Gasteiger partial charge on any atom is 0.213 e. The third-order valence-electron chi connectivity index (χ3n) is 1.63. The molecule has 0 bridgehead atoms. The number of aryl methyl sites for hydroxylation is 1. The minimum absolute atomic E-state index is 0.227. The second kappa shape index (κ2) is 4.87. The summed E-state index contributed by atoms with van der Waals surface area (Å²) < 4.78 is 10.6. The molecule has 0 saturated heterocycles. The van der Waals surface area contributed by atoms with E-state index in [-0.39, 0.29) is 6.29 Å². The molecule has 1 atom stereocenters. The summed E-state index contributed by atoms with van der Waals surface area (Å²) >= 11 is 0. The molecule has 1 N–H and O–H groups in total. The first-order valence-electron chi connectivity index (χ1n) is 4.58. The number of nitrogens with zero attached hydrogens (tertiary/aromatic N) is 1. The van der Waals surface area contributed by atoms with Crippen LogP contribution in [0, 0.1) is 0 Å². The van der Waals surface area contributed by atoms with Gasteiger partial charge in [0.2, 0.25) is 5.88 Å². The van der Waals surface area contributed by atoms with Gasteiger partial charge in [0.1, 0.15) is 5.82 Å². The maximum absolute atomic E-state index is 5.40. The summed E-state index contributed by atoms with van der Waals surface area (Å²) in [5.74, 6) is 1.59. The Labute approximate surface area is 78.3 Å². The van der Waals surface area contributed by atoms with Gasteiger partial charge in [-0.25, -0.2) is 4.98 Å². The average molecular weight is 184 g/mol. The molecule has 74 valence electrons. The summed E-state index contributed by atoms with van der Waals surface area (Å²) in [6, 6.07) is 0. The highest BCUT2D eigenvalue weighted by Crippen LogP contribution is 2.09. The minimum Gasteiger partial charge on any atom is -0.448 e. The Bertz CT molecular complexity index is 248. The van der Waals surface area contributed by atoms with Crippen LogP contribution in [-0.4, -0.2) is 22.9 Å². The molecule has 1 aromatic rings. The summed E-state index contributed by atoms with van der Waals surface area (Å²) in [5.41, 5.74) is 0. The third-order valence-corrected chi connectivity index (χ3v) is 1.63. The van der Waals surface area contributed by atoms with Crippen LogP contribution < -0.4 is 4.74 Å². The lowest BCUT2D eigenvalue weighted by molar-refractivity contribution is -0.0635. The molecule has 4 heteroatoms. The molecule has 1 rings (SSSR count). The highest BCUT2D eigenvalue weighted by Gasteiger charge is 2.04. The van der Waals surface area contributed by atoms with Crippen molar-refractivity contribution in [3.8, 4) is 5.88 Å². The molecule has 0 aliphatic rings. The monoisotopic (exact) mass is 184 g/mol. The Morgan fingerprint density at radius 3 is 2.85 bits per heavy atom. The van der Waals surface area contributed by atoms with E-state index < -0.39 is 0 Å². The molecule has 0 saturated carbocycles. The molecule has 0 radical (unpaired) electrons. The van der Waals surface area contributed by atoms with Crippen LogP contribution in [0.15, 0.2) is 6.20 Å². The summed E-state index contributed by atoms with van der Waals surface area (Å²) in [5, 5.41) is 0. The summed E-state index contributed by atoms with van der Waals surface area (Å²) in [4.78, 5) is 7.15. The van der Waals surface area contributed by atoms with E-state index >= 15 is 0 Å². The van der Waals surface area contributed by atoms with Gasteiger partial charge < -0.3 is 14.5 Å². The Morgan fingerprint density at radius 1 is 1.54 bits per heavy atom. The quantitative estimate of drug-likeness (QED) is 0.709. The highest BCUT2D eigenvalue weighted by molar-refractivity contribution is 5.07. The lowest BCUT2D eigenvalue weighted by atomic mass is 10.5. The van der Waals surface area contributed by atoms with E-state index in [1.807, 2.05) is 20.8 Å². The van der Waals surface area contributed by atoms with Gasteiger partial charge in [-0.1, -0.05) is 6.92 Å². The van der Waals surface area contributed by atoms with Crippen molar-refractivity contribution in [2.75, 3.05) is 6.61 Å². The molecule has 0 fully saturated rings. The molecule has 1 aromatic heterocycles. The Hall–Kier alpha value is -1.03. The molecule has 0 amide bonds. The van der Waals surface area contributed by atoms with Crippen molar-refractivity contribution >= 4 is 0 Å². The van der Waals surface area contributed by atoms with Crippen LogP contribution in [0.2, 0.25) is 0 Å². The van der Waals surface area contributed by atoms with Crippen LogP contribution in [0.1, 0.15) is 26.6 Å². The maximum atomic E-state index is 5.40. The minimum atomic E-state index is -0.227. The zero-order valence-corrected chi connectivity index (χ0v) is 8.33. The number of hydrogen-bond donors (Lipinski definition) is 1. The Morgan fingerprint density at radius 2 is 2.31 bits per heavy atom. The van der Waals surface area contributed by atoms with Crippen LogP contribution in [-0.2, 0) is 11.2 Å². The van der Waals surface area contributed by atoms with Crippen molar-refractivity contribution in [3.63, 3.8) is 0 Å². The van der Waals surface area contributed by atoms with E-state index in [1.165, 1.54) is 0 Å². The summed E-state index contributed by atoms with van der Waals surface area (Å²) in [6.07, 6.45) is 2.33. The number of aromatic nitrogens is 2. The molecule has 0 spiro atoms. The molecule has 1 heterocycles. The van der Waals surface area contributed by atoms with Crippen LogP contribution in [0.25, 0.3) is 0 Å². The van der Waals surface area contributed by atoms with Crippen molar-refractivity contribution in [1.29, 1.82) is 0 Å². The van der Waals surface area contributed by atoms with E-state index in [2.05, 4.69) is 9.97 Å². The number of rotatable bonds is 5. The van der Waals surface area contributed by atoms with Crippen LogP contribution >= 0.6 is 0 Å². The van der Waals surface area contributed by atoms with E-state index in [0.29, 0.717) is 12.5 Å². The van der Waals surface area contributed by atoms with Crippen LogP contribution in [0.3, 0.4) is 0 Å². The fourth-order valence-corrected chi connectivity index (χ4v) is 1.03. The molecule has 13 heavy (non-hydrogen) atoms. The van der Waals surface area contributed by atoms with Gasteiger partial charge in [0, 0.05) is 13.0 Å². The van der Waals surface area contributed by atoms with Gasteiger partial charge in [-0.2, -0.15) is 0 Å². The van der Waals surface area contributed by atoms with Crippen molar-refractivity contribution in [1.82, 2.24) is 9.97 Å². The van der Waals surface area contributed by atoms with Crippen molar-refractivity contribution in [3.05, 3.63) is 12.0 Å². The largest absolute Gasteiger partial charge is 0.448 e. The van der Waals surface area contributed by atoms with Crippen LogP contribution in [0.4, 0.5) is 0 Å². The lowest BCUT2D eigenvalue weighted by Gasteiger charge is -2.11. The van der Waals surface area contributed by atoms with E-state index in [1.54, 1.807) is 6.20 Å². The van der Waals surface area contributed by atoms with Crippen molar-refractivity contribution in [2.24, 2.45) is 0 Å². The van der Waals surface area contributed by atoms with Gasteiger partial charge in [-0.15, -0.1) is 0 Å². The normalized spacial score (nSPS) is 12.8.